The van der Waals surface area contributed by atoms with Gasteiger partial charge in [0.25, 0.3) is 0 Å². The van der Waals surface area contributed by atoms with Crippen LogP contribution in [0.1, 0.15) is 0 Å². The van der Waals surface area contributed by atoms with Gasteiger partial charge in [-0.3, -0.25) is 0 Å². The third-order valence-electron chi connectivity index (χ3n) is 10.3. The number of aromatic nitrogens is 4. The number of pyridine rings is 1. The fourth-order valence-corrected chi connectivity index (χ4v) is 7.51. The van der Waals surface area contributed by atoms with Crippen LogP contribution in [0.2, 0.25) is 0 Å². The van der Waals surface area contributed by atoms with Gasteiger partial charge in [0.2, 0.25) is 0 Å². The van der Waals surface area contributed by atoms with E-state index in [4.69, 9.17) is 19.9 Å². The molecule has 2 aromatic heterocycles. The van der Waals surface area contributed by atoms with E-state index in [9.17, 15) is 0 Å². The van der Waals surface area contributed by atoms with Crippen molar-refractivity contribution >= 4 is 21.7 Å². The first-order chi connectivity index (χ1) is 27.7. The number of benzene rings is 8. The number of hydrogen-bond donors (Lipinski definition) is 0. The molecule has 10 aromatic rings. The number of rotatable bonds is 7. The van der Waals surface area contributed by atoms with Crippen molar-refractivity contribution < 1.29 is 0 Å². The third kappa shape index (κ3) is 6.40. The molecule has 0 unspecified atom stereocenters. The molecular formula is C52H34N4. The number of nitrogens with zero attached hydrogens (tertiary/aromatic N) is 4. The molecule has 4 nitrogen and oxygen atoms in total. The minimum Gasteiger partial charge on any atom is -0.248 e. The summed E-state index contributed by atoms with van der Waals surface area (Å²) in [4.78, 5) is 20.6. The Morgan fingerprint density at radius 1 is 0.268 bits per heavy atom. The van der Waals surface area contributed by atoms with Crippen LogP contribution in [0.3, 0.4) is 0 Å². The Bertz CT molecular complexity index is 2900. The summed E-state index contributed by atoms with van der Waals surface area (Å²) < 4.78 is 0. The summed E-state index contributed by atoms with van der Waals surface area (Å²) in [6.07, 6.45) is 0. The van der Waals surface area contributed by atoms with Crippen LogP contribution < -0.4 is 0 Å². The van der Waals surface area contributed by atoms with Gasteiger partial charge in [0.15, 0.2) is 17.5 Å². The van der Waals surface area contributed by atoms with Crippen LogP contribution in [-0.2, 0) is 0 Å². The third-order valence-corrected chi connectivity index (χ3v) is 10.3. The Balaban J connectivity index is 1.14. The summed E-state index contributed by atoms with van der Waals surface area (Å²) in [7, 11) is 0. The second-order valence-electron chi connectivity index (χ2n) is 13.9. The maximum absolute atomic E-state index is 5.18. The average Bonchev–Trinajstić information content (AvgIpc) is 3.29. The molecular weight excluding hydrogens is 681 g/mol. The molecule has 0 spiro atoms. The van der Waals surface area contributed by atoms with Gasteiger partial charge in [0.1, 0.15) is 0 Å². The van der Waals surface area contributed by atoms with E-state index in [1.165, 1.54) is 0 Å². The van der Waals surface area contributed by atoms with Crippen molar-refractivity contribution in [2.45, 2.75) is 0 Å². The zero-order chi connectivity index (χ0) is 37.3. The van der Waals surface area contributed by atoms with Gasteiger partial charge in [0.05, 0.1) is 11.2 Å². The second-order valence-corrected chi connectivity index (χ2v) is 13.9. The zero-order valence-electron chi connectivity index (χ0n) is 30.4. The minimum absolute atomic E-state index is 0.614. The molecule has 0 fully saturated rings. The molecule has 0 aliphatic rings. The Labute approximate surface area is 325 Å². The van der Waals surface area contributed by atoms with Crippen LogP contribution >= 0.6 is 0 Å². The van der Waals surface area contributed by atoms with Crippen molar-refractivity contribution in [1.82, 2.24) is 19.9 Å². The van der Waals surface area contributed by atoms with Crippen LogP contribution in [0.25, 0.3) is 100 Å². The summed E-state index contributed by atoms with van der Waals surface area (Å²) in [5.41, 5.74) is 12.5. The van der Waals surface area contributed by atoms with Crippen molar-refractivity contribution in [1.29, 1.82) is 0 Å². The second kappa shape index (κ2) is 14.3. The topological polar surface area (TPSA) is 51.6 Å². The van der Waals surface area contributed by atoms with Gasteiger partial charge in [-0.2, -0.15) is 0 Å². The lowest BCUT2D eigenvalue weighted by atomic mass is 9.94. The van der Waals surface area contributed by atoms with Crippen LogP contribution in [-0.4, -0.2) is 19.9 Å². The van der Waals surface area contributed by atoms with Gasteiger partial charge in [-0.05, 0) is 74.5 Å². The molecule has 10 rings (SSSR count). The fraction of sp³-hybridized carbons (Fsp3) is 0. The first kappa shape index (κ1) is 33.0. The summed E-state index contributed by atoms with van der Waals surface area (Å²) >= 11 is 0. The fourth-order valence-electron chi connectivity index (χ4n) is 7.51. The molecule has 2 heterocycles. The largest absolute Gasteiger partial charge is 0.248 e. The van der Waals surface area contributed by atoms with Crippen molar-refractivity contribution in [3.05, 3.63) is 206 Å². The van der Waals surface area contributed by atoms with E-state index in [-0.39, 0.29) is 0 Å². The molecule has 262 valence electrons. The number of fused-ring (bicyclic) bond motifs is 3. The van der Waals surface area contributed by atoms with E-state index in [0.717, 1.165) is 83.0 Å². The van der Waals surface area contributed by atoms with E-state index in [1.54, 1.807) is 0 Å². The molecule has 4 heteroatoms. The van der Waals surface area contributed by atoms with Crippen molar-refractivity contribution in [3.63, 3.8) is 0 Å². The van der Waals surface area contributed by atoms with Gasteiger partial charge >= 0.3 is 0 Å². The Kier molecular flexibility index (Phi) is 8.47. The molecule has 0 amide bonds. The molecule has 0 aliphatic carbocycles. The lowest BCUT2D eigenvalue weighted by Crippen LogP contribution is -2.00. The molecule has 0 atom stereocenters. The highest BCUT2D eigenvalue weighted by atomic mass is 15.0. The highest BCUT2D eigenvalue weighted by Crippen LogP contribution is 2.38. The maximum atomic E-state index is 5.18. The van der Waals surface area contributed by atoms with E-state index in [1.807, 2.05) is 18.2 Å². The van der Waals surface area contributed by atoms with Crippen LogP contribution in [0.4, 0.5) is 0 Å². The highest BCUT2D eigenvalue weighted by Gasteiger charge is 2.17. The predicted octanol–water partition coefficient (Wildman–Crippen LogP) is 13.2. The van der Waals surface area contributed by atoms with Crippen molar-refractivity contribution in [2.24, 2.45) is 0 Å². The SMILES string of the molecule is c1ccc(-c2cccc(-c3nc(-c4cccc(-c5ccccc5)c4)nc(-c4ccc5c(ccc6nc(-c7ccccc7)cc(-c7ccccc7)c65)c4)n3)c2)cc1. The van der Waals surface area contributed by atoms with E-state index in [2.05, 4.69) is 188 Å². The van der Waals surface area contributed by atoms with Gasteiger partial charge in [0, 0.05) is 27.6 Å². The molecule has 0 aliphatic heterocycles. The van der Waals surface area contributed by atoms with Crippen LogP contribution in [0, 0.1) is 0 Å². The minimum atomic E-state index is 0.614. The van der Waals surface area contributed by atoms with E-state index in [0.29, 0.717) is 17.5 Å². The highest BCUT2D eigenvalue weighted by molar-refractivity contribution is 6.14. The Morgan fingerprint density at radius 3 is 1.25 bits per heavy atom. The van der Waals surface area contributed by atoms with E-state index >= 15 is 0 Å². The summed E-state index contributed by atoms with van der Waals surface area (Å²) in [5.74, 6) is 1.86. The molecule has 0 saturated heterocycles. The van der Waals surface area contributed by atoms with Crippen molar-refractivity contribution in [2.75, 3.05) is 0 Å². The van der Waals surface area contributed by atoms with Gasteiger partial charge in [-0.25, -0.2) is 19.9 Å². The first-order valence-electron chi connectivity index (χ1n) is 18.8. The first-order valence-corrected chi connectivity index (χ1v) is 18.8. The van der Waals surface area contributed by atoms with Crippen molar-refractivity contribution in [3.8, 4) is 78.8 Å². The van der Waals surface area contributed by atoms with Gasteiger partial charge in [-0.15, -0.1) is 0 Å². The molecule has 8 aromatic carbocycles. The van der Waals surface area contributed by atoms with Gasteiger partial charge in [-0.1, -0.05) is 176 Å². The summed E-state index contributed by atoms with van der Waals surface area (Å²) in [6, 6.07) is 71.7. The normalized spacial score (nSPS) is 11.2. The Morgan fingerprint density at radius 2 is 0.714 bits per heavy atom. The molecule has 56 heavy (non-hydrogen) atoms. The summed E-state index contributed by atoms with van der Waals surface area (Å²) in [6.45, 7) is 0. The maximum Gasteiger partial charge on any atom is 0.164 e. The number of hydrogen-bond acceptors (Lipinski definition) is 4. The predicted molar refractivity (Wildman–Crippen MR) is 231 cm³/mol. The van der Waals surface area contributed by atoms with Gasteiger partial charge < -0.3 is 0 Å². The average molecular weight is 715 g/mol. The smallest absolute Gasteiger partial charge is 0.164 e. The molecule has 0 saturated carbocycles. The molecule has 0 N–H and O–H groups in total. The summed E-state index contributed by atoms with van der Waals surface area (Å²) in [5, 5.41) is 3.33. The van der Waals surface area contributed by atoms with Crippen LogP contribution in [0.5, 0.6) is 0 Å². The lowest BCUT2D eigenvalue weighted by molar-refractivity contribution is 1.07. The standard InChI is InChI=1S/C52H34N4/c1-5-15-35(16-6-1)39-23-13-25-42(31-39)50-54-51(43-26-14-24-40(32-43)36-17-7-2-8-18-36)56-52(55-50)44-27-29-45-41(33-44)28-30-47-49(45)46(37-19-9-3-10-20-37)34-48(53-47)38-21-11-4-12-22-38/h1-34H. The molecule has 0 bridgehead atoms. The monoisotopic (exact) mass is 714 g/mol. The van der Waals surface area contributed by atoms with Crippen LogP contribution in [0.15, 0.2) is 206 Å². The molecule has 0 radical (unpaired) electrons. The Hall–Kier alpha value is -7.56. The quantitative estimate of drug-likeness (QED) is 0.154. The van der Waals surface area contributed by atoms with E-state index < -0.39 is 0 Å². The lowest BCUT2D eigenvalue weighted by Gasteiger charge is -2.14. The zero-order valence-corrected chi connectivity index (χ0v) is 30.4.